The number of piperidine rings is 1. The van der Waals surface area contributed by atoms with Crippen LogP contribution >= 0.6 is 0 Å². The van der Waals surface area contributed by atoms with Crippen LogP contribution in [0.2, 0.25) is 0 Å². The fraction of sp³-hybridized carbons (Fsp3) is 0.619. The average molecular weight is 393 g/mol. The minimum atomic E-state index is -0.0282. The highest BCUT2D eigenvalue weighted by atomic mass is 15.4. The van der Waals surface area contributed by atoms with Gasteiger partial charge >= 0.3 is 0 Å². The molecule has 1 aliphatic carbocycles. The van der Waals surface area contributed by atoms with Gasteiger partial charge in [0, 0.05) is 38.1 Å². The van der Waals surface area contributed by atoms with Gasteiger partial charge in [-0.15, -0.1) is 0 Å². The molecule has 2 saturated heterocycles. The van der Waals surface area contributed by atoms with Gasteiger partial charge in [0.05, 0.1) is 29.9 Å². The van der Waals surface area contributed by atoms with E-state index in [9.17, 15) is 5.26 Å². The van der Waals surface area contributed by atoms with Gasteiger partial charge in [0.2, 0.25) is 5.95 Å². The highest BCUT2D eigenvalue weighted by Gasteiger charge is 2.52. The molecular weight excluding hydrogens is 364 g/mol. The van der Waals surface area contributed by atoms with Crippen LogP contribution in [0.5, 0.6) is 0 Å². The molecule has 2 aromatic rings. The van der Waals surface area contributed by atoms with E-state index in [1.54, 1.807) is 10.9 Å². The molecule has 2 aromatic heterocycles. The lowest BCUT2D eigenvalue weighted by atomic mass is 9.81. The quantitative estimate of drug-likeness (QED) is 0.837. The summed E-state index contributed by atoms with van der Waals surface area (Å²) in [5.41, 5.74) is 2.55. The van der Waals surface area contributed by atoms with Crippen molar-refractivity contribution >= 4 is 17.5 Å². The molecule has 0 atom stereocenters. The first-order valence-corrected chi connectivity index (χ1v) is 10.5. The van der Waals surface area contributed by atoms with Crippen LogP contribution in [0, 0.1) is 23.7 Å². The van der Waals surface area contributed by atoms with Crippen LogP contribution in [-0.4, -0.2) is 56.4 Å². The molecule has 0 bridgehead atoms. The minimum absolute atomic E-state index is 0.0282. The SMILES string of the molecule is Cc1cnc(Nc2cnn(C)c2)nc1N1CC(CC#N)(N2CCC3(CC2)CC3)C1. The lowest BCUT2D eigenvalue weighted by molar-refractivity contribution is 0.0250. The maximum Gasteiger partial charge on any atom is 0.229 e. The number of nitrogens with zero attached hydrogens (tertiary/aromatic N) is 7. The number of anilines is 3. The zero-order chi connectivity index (χ0) is 20.1. The largest absolute Gasteiger partial charge is 0.352 e. The van der Waals surface area contributed by atoms with Gasteiger partial charge in [-0.25, -0.2) is 4.98 Å². The van der Waals surface area contributed by atoms with Gasteiger partial charge in [-0.1, -0.05) is 0 Å². The van der Waals surface area contributed by atoms with Crippen LogP contribution < -0.4 is 10.2 Å². The second-order valence-corrected chi connectivity index (χ2v) is 9.13. The first kappa shape index (κ1) is 18.4. The molecule has 0 aromatic carbocycles. The van der Waals surface area contributed by atoms with Crippen LogP contribution in [-0.2, 0) is 7.05 Å². The Morgan fingerprint density at radius 3 is 2.55 bits per heavy atom. The van der Waals surface area contributed by atoms with Gasteiger partial charge in [-0.2, -0.15) is 15.3 Å². The van der Waals surface area contributed by atoms with E-state index in [4.69, 9.17) is 4.98 Å². The van der Waals surface area contributed by atoms with Crippen molar-refractivity contribution in [3.05, 3.63) is 24.2 Å². The van der Waals surface area contributed by atoms with E-state index in [0.717, 1.165) is 43.2 Å². The van der Waals surface area contributed by atoms with Crippen LogP contribution in [0.1, 0.15) is 37.7 Å². The molecule has 0 unspecified atom stereocenters. The van der Waals surface area contributed by atoms with Gasteiger partial charge in [-0.3, -0.25) is 9.58 Å². The smallest absolute Gasteiger partial charge is 0.229 e. The number of rotatable bonds is 5. The second kappa shape index (κ2) is 6.70. The monoisotopic (exact) mass is 392 g/mol. The highest BCUT2D eigenvalue weighted by Crippen LogP contribution is 2.54. The predicted octanol–water partition coefficient (Wildman–Crippen LogP) is 2.61. The molecule has 152 valence electrons. The number of hydrogen-bond acceptors (Lipinski definition) is 7. The Morgan fingerprint density at radius 1 is 1.17 bits per heavy atom. The topological polar surface area (TPSA) is 85.9 Å². The van der Waals surface area contributed by atoms with Crippen LogP contribution in [0.15, 0.2) is 18.6 Å². The van der Waals surface area contributed by atoms with Crippen molar-refractivity contribution in [1.29, 1.82) is 5.26 Å². The number of nitrogens with one attached hydrogen (secondary N) is 1. The molecular formula is C21H28N8. The Morgan fingerprint density at radius 2 is 1.93 bits per heavy atom. The molecule has 3 fully saturated rings. The van der Waals surface area contributed by atoms with Gasteiger partial charge in [0.25, 0.3) is 0 Å². The van der Waals surface area contributed by atoms with E-state index in [2.05, 4.69) is 31.3 Å². The fourth-order valence-corrected chi connectivity index (χ4v) is 4.95. The lowest BCUT2D eigenvalue weighted by Crippen LogP contribution is -2.71. The Bertz CT molecular complexity index is 938. The summed E-state index contributed by atoms with van der Waals surface area (Å²) in [6.07, 6.45) is 11.5. The summed E-state index contributed by atoms with van der Waals surface area (Å²) in [5, 5.41) is 16.9. The molecule has 0 radical (unpaired) electrons. The molecule has 3 aliphatic rings. The third kappa shape index (κ3) is 3.33. The standard InChI is InChI=1S/C21H28N8/c1-16-11-23-19(25-17-12-24-27(2)13-17)26-18(16)28-14-21(15-28,5-8-22)29-9-6-20(3-4-20)7-10-29/h11-13H,3-7,9-10,14-15H2,1-2H3,(H,23,25,26). The third-order valence-corrected chi connectivity index (χ3v) is 7.04. The maximum absolute atomic E-state index is 9.50. The fourth-order valence-electron chi connectivity index (χ4n) is 4.95. The Kier molecular flexibility index (Phi) is 4.24. The first-order chi connectivity index (χ1) is 14.0. The molecule has 2 aliphatic heterocycles. The van der Waals surface area contributed by atoms with Crippen LogP contribution in [0.3, 0.4) is 0 Å². The molecule has 8 nitrogen and oxygen atoms in total. The molecule has 8 heteroatoms. The van der Waals surface area contributed by atoms with E-state index in [1.807, 2.05) is 26.4 Å². The Balaban J connectivity index is 1.30. The molecule has 5 rings (SSSR count). The van der Waals surface area contributed by atoms with Crippen molar-refractivity contribution in [2.75, 3.05) is 36.4 Å². The van der Waals surface area contributed by atoms with E-state index < -0.39 is 0 Å². The Labute approximate surface area is 171 Å². The number of likely N-dealkylation sites (tertiary alicyclic amines) is 1. The Hall–Kier alpha value is -2.66. The van der Waals surface area contributed by atoms with E-state index in [1.165, 1.54) is 25.7 Å². The minimum Gasteiger partial charge on any atom is -0.352 e. The van der Waals surface area contributed by atoms with Gasteiger partial charge in [-0.05, 0) is 51.1 Å². The molecule has 1 saturated carbocycles. The zero-order valence-electron chi connectivity index (χ0n) is 17.2. The van der Waals surface area contributed by atoms with Crippen molar-refractivity contribution in [3.8, 4) is 6.07 Å². The summed E-state index contributed by atoms with van der Waals surface area (Å²) >= 11 is 0. The summed E-state index contributed by atoms with van der Waals surface area (Å²) in [4.78, 5) is 14.1. The van der Waals surface area contributed by atoms with Gasteiger partial charge in [0.15, 0.2) is 0 Å². The van der Waals surface area contributed by atoms with E-state index in [0.29, 0.717) is 17.8 Å². The van der Waals surface area contributed by atoms with Gasteiger partial charge in [0.1, 0.15) is 5.82 Å². The zero-order valence-corrected chi connectivity index (χ0v) is 17.2. The molecule has 29 heavy (non-hydrogen) atoms. The maximum atomic E-state index is 9.50. The van der Waals surface area contributed by atoms with Crippen molar-refractivity contribution < 1.29 is 0 Å². The normalized spacial score (nSPS) is 22.2. The summed E-state index contributed by atoms with van der Waals surface area (Å²) in [5.74, 6) is 1.53. The predicted molar refractivity (Wildman–Crippen MR) is 111 cm³/mol. The van der Waals surface area contributed by atoms with Crippen molar-refractivity contribution in [2.45, 2.75) is 44.6 Å². The van der Waals surface area contributed by atoms with Gasteiger partial charge < -0.3 is 10.2 Å². The number of aryl methyl sites for hydroxylation is 2. The summed E-state index contributed by atoms with van der Waals surface area (Å²) in [6, 6.07) is 2.45. The van der Waals surface area contributed by atoms with E-state index in [-0.39, 0.29) is 5.54 Å². The van der Waals surface area contributed by atoms with Crippen LogP contribution in [0.4, 0.5) is 17.5 Å². The highest BCUT2D eigenvalue weighted by molar-refractivity contribution is 5.57. The molecule has 0 amide bonds. The number of hydrogen-bond donors (Lipinski definition) is 1. The number of aromatic nitrogens is 4. The van der Waals surface area contributed by atoms with Crippen molar-refractivity contribution in [2.24, 2.45) is 12.5 Å². The third-order valence-electron chi connectivity index (χ3n) is 7.04. The average Bonchev–Trinajstić information content (AvgIpc) is 3.31. The van der Waals surface area contributed by atoms with Crippen molar-refractivity contribution in [3.63, 3.8) is 0 Å². The molecule has 4 heterocycles. The summed E-state index contributed by atoms with van der Waals surface area (Å²) in [7, 11) is 1.88. The molecule has 1 N–H and O–H groups in total. The van der Waals surface area contributed by atoms with Crippen molar-refractivity contribution in [1.82, 2.24) is 24.6 Å². The number of nitriles is 1. The summed E-state index contributed by atoms with van der Waals surface area (Å²) < 4.78 is 1.74. The lowest BCUT2D eigenvalue weighted by Gasteiger charge is -2.57. The first-order valence-electron chi connectivity index (χ1n) is 10.5. The second-order valence-electron chi connectivity index (χ2n) is 9.13. The van der Waals surface area contributed by atoms with E-state index >= 15 is 0 Å². The molecule has 1 spiro atoms. The summed E-state index contributed by atoms with van der Waals surface area (Å²) in [6.45, 7) is 6.03. The van der Waals surface area contributed by atoms with Crippen LogP contribution in [0.25, 0.3) is 0 Å².